The summed E-state index contributed by atoms with van der Waals surface area (Å²) >= 11 is 0. The van der Waals surface area contributed by atoms with Crippen molar-refractivity contribution < 1.29 is 14.6 Å². The second-order valence-electron chi connectivity index (χ2n) is 10.6. The monoisotopic (exact) mass is 477 g/mol. The summed E-state index contributed by atoms with van der Waals surface area (Å²) in [6.45, 7) is 10.5. The van der Waals surface area contributed by atoms with E-state index < -0.39 is 14.2 Å². The Kier molecular flexibility index (Phi) is 16.2. The Hall–Kier alpha value is -1.33. The Morgan fingerprint density at radius 2 is 1.33 bits per heavy atom. The molecule has 1 atom stereocenters. The van der Waals surface area contributed by atoms with Gasteiger partial charge < -0.3 is 15.2 Å². The first-order chi connectivity index (χ1) is 15.8. The van der Waals surface area contributed by atoms with E-state index in [0.717, 1.165) is 17.8 Å². The minimum atomic E-state index is -0.815. The molecular formula is C28H51NO3Si. The molecule has 0 amide bonds. The van der Waals surface area contributed by atoms with Gasteiger partial charge in [-0.15, -0.1) is 0 Å². The van der Waals surface area contributed by atoms with Crippen LogP contribution in [0.15, 0.2) is 24.3 Å². The van der Waals surface area contributed by atoms with Gasteiger partial charge in [-0.25, -0.2) is 0 Å². The number of hydrogen-bond donors (Lipinski definition) is 2. The molecule has 4 nitrogen and oxygen atoms in total. The lowest BCUT2D eigenvalue weighted by Crippen LogP contribution is -2.18. The Labute approximate surface area is 204 Å². The molecule has 33 heavy (non-hydrogen) atoms. The Morgan fingerprint density at radius 3 is 1.82 bits per heavy atom. The zero-order valence-corrected chi connectivity index (χ0v) is 23.0. The summed E-state index contributed by atoms with van der Waals surface area (Å²) in [6.07, 6.45) is 15.8. The third-order valence-electron chi connectivity index (χ3n) is 6.14. The van der Waals surface area contributed by atoms with Crippen molar-refractivity contribution >= 4 is 19.7 Å². The highest BCUT2D eigenvalue weighted by Crippen LogP contribution is 2.20. The van der Waals surface area contributed by atoms with Crippen LogP contribution in [0, 0.1) is 0 Å². The van der Waals surface area contributed by atoms with E-state index >= 15 is 0 Å². The van der Waals surface area contributed by atoms with Crippen LogP contribution in [0.5, 0.6) is 0 Å². The SMILES string of the molecule is CCOC(=O)CC(O)c1ccc(NCCCCCCCCCCCCCC[Si](C)(C)C)cc1. The van der Waals surface area contributed by atoms with Gasteiger partial charge in [0.1, 0.15) is 0 Å². The first kappa shape index (κ1) is 29.7. The summed E-state index contributed by atoms with van der Waals surface area (Å²) in [5.41, 5.74) is 1.80. The van der Waals surface area contributed by atoms with Gasteiger partial charge in [0.15, 0.2) is 0 Å². The van der Waals surface area contributed by atoms with E-state index in [1.165, 1.54) is 83.1 Å². The molecule has 0 bridgehead atoms. The molecule has 5 heteroatoms. The molecule has 0 radical (unpaired) electrons. The van der Waals surface area contributed by atoms with E-state index in [1.807, 2.05) is 24.3 Å². The van der Waals surface area contributed by atoms with Crippen molar-refractivity contribution in [2.75, 3.05) is 18.5 Å². The van der Waals surface area contributed by atoms with Crippen LogP contribution < -0.4 is 5.32 Å². The van der Waals surface area contributed by atoms with Crippen molar-refractivity contribution in [1.82, 2.24) is 0 Å². The van der Waals surface area contributed by atoms with Crippen LogP contribution in [0.3, 0.4) is 0 Å². The van der Waals surface area contributed by atoms with Gasteiger partial charge in [0.2, 0.25) is 0 Å². The van der Waals surface area contributed by atoms with Crippen LogP contribution in [0.2, 0.25) is 25.7 Å². The maximum absolute atomic E-state index is 11.5. The van der Waals surface area contributed by atoms with E-state index in [2.05, 4.69) is 25.0 Å². The summed E-state index contributed by atoms with van der Waals surface area (Å²) in [5.74, 6) is -0.365. The number of anilines is 1. The fourth-order valence-corrected chi connectivity index (χ4v) is 5.41. The smallest absolute Gasteiger partial charge is 0.308 e. The Bertz CT molecular complexity index is 613. The Balaban J connectivity index is 1.94. The fourth-order valence-electron chi connectivity index (χ4n) is 4.10. The molecule has 1 aromatic rings. The minimum absolute atomic E-state index is 0.000561. The molecule has 0 heterocycles. The second kappa shape index (κ2) is 18.1. The molecule has 0 fully saturated rings. The van der Waals surface area contributed by atoms with Gasteiger partial charge in [0, 0.05) is 20.3 Å². The molecule has 190 valence electrons. The van der Waals surface area contributed by atoms with E-state index in [9.17, 15) is 9.90 Å². The van der Waals surface area contributed by atoms with Gasteiger partial charge in [-0.1, -0.05) is 108 Å². The lowest BCUT2D eigenvalue weighted by molar-refractivity contribution is -0.145. The highest BCUT2D eigenvalue weighted by Gasteiger charge is 2.13. The van der Waals surface area contributed by atoms with Gasteiger partial charge in [-0.2, -0.15) is 0 Å². The van der Waals surface area contributed by atoms with Crippen molar-refractivity contribution in [2.45, 2.75) is 122 Å². The quantitative estimate of drug-likeness (QED) is 0.113. The van der Waals surface area contributed by atoms with Crippen LogP contribution in [-0.4, -0.2) is 32.3 Å². The average molecular weight is 478 g/mol. The van der Waals surface area contributed by atoms with Crippen molar-refractivity contribution in [3.05, 3.63) is 29.8 Å². The maximum atomic E-state index is 11.5. The molecule has 2 N–H and O–H groups in total. The summed E-state index contributed by atoms with van der Waals surface area (Å²) in [7, 11) is -0.815. The van der Waals surface area contributed by atoms with Crippen LogP contribution in [0.4, 0.5) is 5.69 Å². The highest BCUT2D eigenvalue weighted by atomic mass is 28.3. The number of esters is 1. The highest BCUT2D eigenvalue weighted by molar-refractivity contribution is 6.76. The minimum Gasteiger partial charge on any atom is -0.466 e. The number of carbonyl (C=O) groups is 1. The normalized spacial score (nSPS) is 12.5. The lowest BCUT2D eigenvalue weighted by Gasteiger charge is -2.14. The van der Waals surface area contributed by atoms with E-state index in [4.69, 9.17) is 4.74 Å². The molecule has 0 spiro atoms. The van der Waals surface area contributed by atoms with E-state index in [1.54, 1.807) is 6.92 Å². The van der Waals surface area contributed by atoms with Crippen molar-refractivity contribution in [1.29, 1.82) is 0 Å². The number of rotatable bonds is 20. The zero-order chi connectivity index (χ0) is 24.4. The van der Waals surface area contributed by atoms with Gasteiger partial charge in [-0.3, -0.25) is 4.79 Å². The largest absolute Gasteiger partial charge is 0.466 e. The number of aliphatic hydroxyl groups excluding tert-OH is 1. The molecule has 1 rings (SSSR count). The first-order valence-electron chi connectivity index (χ1n) is 13.5. The number of carbonyl (C=O) groups excluding carboxylic acids is 1. The summed E-state index contributed by atoms with van der Waals surface area (Å²) in [4.78, 5) is 11.5. The van der Waals surface area contributed by atoms with Gasteiger partial charge in [0.25, 0.3) is 0 Å². The van der Waals surface area contributed by atoms with Crippen LogP contribution in [0.25, 0.3) is 0 Å². The lowest BCUT2D eigenvalue weighted by atomic mass is 10.1. The summed E-state index contributed by atoms with van der Waals surface area (Å²) in [6, 6.07) is 9.18. The number of benzene rings is 1. The Morgan fingerprint density at radius 1 is 0.848 bits per heavy atom. The molecule has 0 saturated carbocycles. The average Bonchev–Trinajstić information content (AvgIpc) is 2.76. The van der Waals surface area contributed by atoms with Crippen LogP contribution >= 0.6 is 0 Å². The first-order valence-corrected chi connectivity index (χ1v) is 17.2. The topological polar surface area (TPSA) is 58.6 Å². The number of hydrogen-bond acceptors (Lipinski definition) is 4. The molecule has 1 unspecified atom stereocenters. The van der Waals surface area contributed by atoms with E-state index in [0.29, 0.717) is 6.61 Å². The fraction of sp³-hybridized carbons (Fsp3) is 0.750. The third kappa shape index (κ3) is 16.9. The van der Waals surface area contributed by atoms with Crippen LogP contribution in [0.1, 0.15) is 102 Å². The van der Waals surface area contributed by atoms with Crippen LogP contribution in [-0.2, 0) is 9.53 Å². The van der Waals surface area contributed by atoms with Crippen molar-refractivity contribution in [3.63, 3.8) is 0 Å². The standard InChI is InChI=1S/C28H51NO3Si/c1-5-32-28(31)24-27(30)25-18-20-26(21-19-25)29-22-16-14-12-10-8-6-7-9-11-13-15-17-23-33(2,3)4/h18-21,27,29-30H,5-17,22-24H2,1-4H3. The zero-order valence-electron chi connectivity index (χ0n) is 22.0. The third-order valence-corrected chi connectivity index (χ3v) is 8.00. The van der Waals surface area contributed by atoms with Gasteiger partial charge >= 0.3 is 5.97 Å². The maximum Gasteiger partial charge on any atom is 0.308 e. The number of ether oxygens (including phenoxy) is 1. The summed E-state index contributed by atoms with van der Waals surface area (Å²) < 4.78 is 4.89. The van der Waals surface area contributed by atoms with Gasteiger partial charge in [0.05, 0.1) is 19.1 Å². The molecule has 1 aromatic carbocycles. The van der Waals surface area contributed by atoms with Crippen molar-refractivity contribution in [3.8, 4) is 0 Å². The summed E-state index contributed by atoms with van der Waals surface area (Å²) in [5, 5.41) is 13.6. The number of nitrogens with one attached hydrogen (secondary N) is 1. The number of aliphatic hydroxyl groups is 1. The molecular weight excluding hydrogens is 426 g/mol. The second-order valence-corrected chi connectivity index (χ2v) is 16.2. The van der Waals surface area contributed by atoms with Gasteiger partial charge in [-0.05, 0) is 31.0 Å². The molecule has 0 aliphatic heterocycles. The predicted octanol–water partition coefficient (Wildman–Crippen LogP) is 8.10. The number of unbranched alkanes of at least 4 members (excludes halogenated alkanes) is 11. The molecule has 0 aliphatic rings. The van der Waals surface area contributed by atoms with E-state index in [-0.39, 0.29) is 12.4 Å². The predicted molar refractivity (Wildman–Crippen MR) is 145 cm³/mol. The molecule has 0 aliphatic carbocycles. The van der Waals surface area contributed by atoms with Crippen molar-refractivity contribution in [2.24, 2.45) is 0 Å². The molecule has 0 saturated heterocycles. The molecule has 0 aromatic heterocycles.